The number of hydrogen-bond acceptors (Lipinski definition) is 2. The van der Waals surface area contributed by atoms with Crippen LogP contribution in [0.4, 0.5) is 0 Å². The fraction of sp³-hybridized carbons (Fsp3) is 0.120. The number of hydrogen-bond donors (Lipinski definition) is 1. The monoisotopic (exact) mass is 447 g/mol. The first kappa shape index (κ1) is 19.9. The Balaban J connectivity index is 1.59. The molecule has 4 aromatic rings. The molecule has 1 unspecified atom stereocenters. The summed E-state index contributed by atoms with van der Waals surface area (Å²) in [7, 11) is 0. The van der Waals surface area contributed by atoms with Gasteiger partial charge < -0.3 is 4.90 Å². The van der Waals surface area contributed by atoms with Crippen LogP contribution in [0.15, 0.2) is 78.9 Å². The lowest BCUT2D eigenvalue weighted by atomic mass is 9.96. The third-order valence-corrected chi connectivity index (χ3v) is 6.26. The van der Waals surface area contributed by atoms with Gasteiger partial charge in [-0.05, 0) is 35.7 Å². The molecular weight excluding hydrogens is 429 g/mol. The van der Waals surface area contributed by atoms with Crippen LogP contribution in [0.25, 0.3) is 11.3 Å². The Morgan fingerprint density at radius 3 is 2.35 bits per heavy atom. The molecule has 3 aromatic carbocycles. The maximum atomic E-state index is 13.4. The van der Waals surface area contributed by atoms with Gasteiger partial charge in [-0.15, -0.1) is 0 Å². The summed E-state index contributed by atoms with van der Waals surface area (Å²) in [6, 6.07) is 25.0. The molecule has 0 bridgehead atoms. The van der Waals surface area contributed by atoms with Gasteiger partial charge in [0.2, 0.25) is 0 Å². The van der Waals surface area contributed by atoms with Crippen molar-refractivity contribution in [1.29, 1.82) is 0 Å². The van der Waals surface area contributed by atoms with E-state index in [1.165, 1.54) is 5.56 Å². The summed E-state index contributed by atoms with van der Waals surface area (Å²) < 4.78 is 0. The molecule has 154 valence electrons. The van der Waals surface area contributed by atoms with Gasteiger partial charge in [-0.1, -0.05) is 83.9 Å². The second-order valence-corrected chi connectivity index (χ2v) is 8.37. The summed E-state index contributed by atoms with van der Waals surface area (Å²) in [5, 5.41) is 8.74. The molecule has 0 radical (unpaired) electrons. The summed E-state index contributed by atoms with van der Waals surface area (Å²) in [6.07, 6.45) is 0.752. The molecule has 2 heterocycles. The lowest BCUT2D eigenvalue weighted by Crippen LogP contribution is -2.31. The number of fused-ring (bicyclic) bond motifs is 1. The first-order valence-electron chi connectivity index (χ1n) is 10.1. The Hall–Kier alpha value is -3.08. The van der Waals surface area contributed by atoms with Crippen molar-refractivity contribution < 1.29 is 4.79 Å². The number of H-pyrrole nitrogens is 1. The normalized spacial score (nSPS) is 15.4. The summed E-state index contributed by atoms with van der Waals surface area (Å²) in [5.41, 5.74) is 5.08. The molecule has 1 aromatic heterocycles. The average molecular weight is 448 g/mol. The second-order valence-electron chi connectivity index (χ2n) is 7.53. The number of nitrogens with one attached hydrogen (secondary N) is 1. The maximum absolute atomic E-state index is 13.4. The van der Waals surface area contributed by atoms with E-state index in [0.717, 1.165) is 28.8 Å². The molecule has 0 saturated heterocycles. The van der Waals surface area contributed by atoms with Crippen molar-refractivity contribution >= 4 is 29.1 Å². The van der Waals surface area contributed by atoms with E-state index in [9.17, 15) is 4.79 Å². The second kappa shape index (κ2) is 8.22. The summed E-state index contributed by atoms with van der Waals surface area (Å²) >= 11 is 12.7. The summed E-state index contributed by atoms with van der Waals surface area (Å²) in [6.45, 7) is 0.571. The molecule has 1 N–H and O–H groups in total. The minimum Gasteiger partial charge on any atom is -0.326 e. The van der Waals surface area contributed by atoms with Crippen LogP contribution in [0.2, 0.25) is 10.0 Å². The highest BCUT2D eigenvalue weighted by atomic mass is 35.5. The fourth-order valence-corrected chi connectivity index (χ4v) is 4.53. The molecule has 1 aliphatic rings. The van der Waals surface area contributed by atoms with Gasteiger partial charge in [0.1, 0.15) is 5.69 Å². The third-order valence-electron chi connectivity index (χ3n) is 5.67. The van der Waals surface area contributed by atoms with Gasteiger partial charge in [0, 0.05) is 27.7 Å². The van der Waals surface area contributed by atoms with Gasteiger partial charge in [-0.25, -0.2) is 0 Å². The van der Waals surface area contributed by atoms with Crippen LogP contribution in [0, 0.1) is 0 Å². The zero-order chi connectivity index (χ0) is 21.4. The highest BCUT2D eigenvalue weighted by molar-refractivity contribution is 6.31. The van der Waals surface area contributed by atoms with E-state index in [0.29, 0.717) is 22.3 Å². The van der Waals surface area contributed by atoms with Crippen molar-refractivity contribution in [3.63, 3.8) is 0 Å². The van der Waals surface area contributed by atoms with Crippen LogP contribution in [0.5, 0.6) is 0 Å². The van der Waals surface area contributed by atoms with Crippen LogP contribution < -0.4 is 0 Å². The number of nitrogens with zero attached hydrogens (tertiary/aromatic N) is 2. The predicted octanol–water partition coefficient (Wildman–Crippen LogP) is 6.17. The topological polar surface area (TPSA) is 49.0 Å². The van der Waals surface area contributed by atoms with Crippen LogP contribution in [-0.4, -0.2) is 27.5 Å². The van der Waals surface area contributed by atoms with Crippen LogP contribution >= 0.6 is 23.2 Å². The van der Waals surface area contributed by atoms with E-state index < -0.39 is 0 Å². The van der Waals surface area contributed by atoms with E-state index in [1.807, 2.05) is 71.6 Å². The fourth-order valence-electron chi connectivity index (χ4n) is 4.17. The van der Waals surface area contributed by atoms with Gasteiger partial charge in [-0.2, -0.15) is 5.10 Å². The molecule has 6 heteroatoms. The molecular formula is C25H19Cl2N3O. The smallest absolute Gasteiger partial charge is 0.273 e. The van der Waals surface area contributed by atoms with Crippen molar-refractivity contribution in [2.24, 2.45) is 0 Å². The van der Waals surface area contributed by atoms with Crippen LogP contribution in [0.3, 0.4) is 0 Å². The lowest BCUT2D eigenvalue weighted by Gasteiger charge is -2.27. The minimum absolute atomic E-state index is 0.0661. The van der Waals surface area contributed by atoms with Crippen molar-refractivity contribution in [3.05, 3.63) is 111 Å². The molecule has 0 fully saturated rings. The zero-order valence-corrected chi connectivity index (χ0v) is 18.1. The molecule has 31 heavy (non-hydrogen) atoms. The minimum atomic E-state index is -0.315. The number of benzene rings is 3. The number of rotatable bonds is 5. The molecule has 0 aliphatic carbocycles. The number of aromatic amines is 1. The Morgan fingerprint density at radius 2 is 1.61 bits per heavy atom. The number of carbonyl (C=O) groups is 1. The summed E-state index contributed by atoms with van der Waals surface area (Å²) in [4.78, 5) is 15.3. The standard InChI is InChI=1S/C25H19Cl2N3O/c26-18-12-10-17(11-13-18)22-21-23(29-28-22)25(31)30(15-14-16-6-2-1-3-7-16)24(21)19-8-4-5-9-20(19)27/h1-13,24H,14-15H2,(H,28,29). The molecule has 0 spiro atoms. The van der Waals surface area contributed by atoms with Gasteiger partial charge in [0.15, 0.2) is 0 Å². The molecule has 5 rings (SSSR count). The van der Waals surface area contributed by atoms with Gasteiger partial charge in [-0.3, -0.25) is 9.89 Å². The Morgan fingerprint density at radius 1 is 0.903 bits per heavy atom. The van der Waals surface area contributed by atoms with Crippen molar-refractivity contribution in [2.45, 2.75) is 12.5 Å². The predicted molar refractivity (Wildman–Crippen MR) is 124 cm³/mol. The van der Waals surface area contributed by atoms with E-state index in [2.05, 4.69) is 22.3 Å². The lowest BCUT2D eigenvalue weighted by molar-refractivity contribution is 0.0746. The number of aromatic nitrogens is 2. The van der Waals surface area contributed by atoms with Crippen molar-refractivity contribution in [3.8, 4) is 11.3 Å². The first-order valence-corrected chi connectivity index (χ1v) is 10.8. The Bertz CT molecular complexity index is 1240. The SMILES string of the molecule is O=C1c2[nH]nc(-c3ccc(Cl)cc3)c2C(c2ccccc2Cl)N1CCc1ccccc1. The van der Waals surface area contributed by atoms with E-state index in [1.54, 1.807) is 0 Å². The molecule has 1 amide bonds. The largest absolute Gasteiger partial charge is 0.326 e. The van der Waals surface area contributed by atoms with E-state index >= 15 is 0 Å². The Labute approximate surface area is 190 Å². The maximum Gasteiger partial charge on any atom is 0.273 e. The third kappa shape index (κ3) is 3.62. The number of carbonyl (C=O) groups excluding carboxylic acids is 1. The molecule has 1 aliphatic heterocycles. The molecule has 0 saturated carbocycles. The first-order chi connectivity index (χ1) is 15.1. The Kier molecular flexibility index (Phi) is 5.26. The van der Waals surface area contributed by atoms with Gasteiger partial charge in [0.05, 0.1) is 11.7 Å². The quantitative estimate of drug-likeness (QED) is 0.397. The average Bonchev–Trinajstić information content (AvgIpc) is 3.33. The van der Waals surface area contributed by atoms with E-state index in [4.69, 9.17) is 23.2 Å². The number of halogens is 2. The summed E-state index contributed by atoms with van der Waals surface area (Å²) in [5.74, 6) is -0.0661. The van der Waals surface area contributed by atoms with Crippen molar-refractivity contribution in [1.82, 2.24) is 15.1 Å². The van der Waals surface area contributed by atoms with Gasteiger partial charge >= 0.3 is 0 Å². The molecule has 4 nitrogen and oxygen atoms in total. The van der Waals surface area contributed by atoms with E-state index in [-0.39, 0.29) is 11.9 Å². The molecule has 1 atom stereocenters. The van der Waals surface area contributed by atoms with Gasteiger partial charge in [0.25, 0.3) is 5.91 Å². The van der Waals surface area contributed by atoms with Crippen LogP contribution in [0.1, 0.15) is 33.2 Å². The van der Waals surface area contributed by atoms with Crippen LogP contribution in [-0.2, 0) is 6.42 Å². The highest BCUT2D eigenvalue weighted by Crippen LogP contribution is 2.44. The van der Waals surface area contributed by atoms with Crippen molar-refractivity contribution in [2.75, 3.05) is 6.54 Å². The zero-order valence-electron chi connectivity index (χ0n) is 16.6. The highest BCUT2D eigenvalue weighted by Gasteiger charge is 2.42. The number of amides is 1.